The van der Waals surface area contributed by atoms with Gasteiger partial charge >= 0.3 is 0 Å². The number of hydroxylamine groups is 2. The van der Waals surface area contributed by atoms with Crippen LogP contribution in [0.4, 0.5) is 0 Å². The predicted molar refractivity (Wildman–Crippen MR) is 80.9 cm³/mol. The van der Waals surface area contributed by atoms with E-state index in [1.54, 1.807) is 7.11 Å². The topological polar surface area (TPSA) is 50.8 Å². The first kappa shape index (κ1) is 15.8. The minimum Gasteiger partial charge on any atom is -0.497 e. The number of carbonyl (C=O) groups is 1. The third kappa shape index (κ3) is 5.02. The van der Waals surface area contributed by atoms with Gasteiger partial charge in [0.1, 0.15) is 5.75 Å². The number of benzene rings is 1. The van der Waals surface area contributed by atoms with Gasteiger partial charge in [-0.1, -0.05) is 12.1 Å². The van der Waals surface area contributed by atoms with Crippen LogP contribution in [-0.2, 0) is 9.63 Å². The standard InChI is InChI=1S/C16H24N2O3/c1-13(14-5-7-15(20-2)8-6-14)17-16(19)9-11-18-10-3-4-12-21-18/h5-8,13H,3-4,9-12H2,1-2H3,(H,17,19)/t13-/m1/s1. The van der Waals surface area contributed by atoms with Crippen LogP contribution in [0.2, 0.25) is 0 Å². The van der Waals surface area contributed by atoms with E-state index >= 15 is 0 Å². The van der Waals surface area contributed by atoms with E-state index in [9.17, 15) is 4.79 Å². The molecule has 0 bridgehead atoms. The molecule has 116 valence electrons. The SMILES string of the molecule is COc1ccc([C@@H](C)NC(=O)CCN2CCCCO2)cc1. The number of hydrogen-bond donors (Lipinski definition) is 1. The zero-order valence-corrected chi connectivity index (χ0v) is 12.8. The van der Waals surface area contributed by atoms with E-state index in [0.717, 1.165) is 37.3 Å². The summed E-state index contributed by atoms with van der Waals surface area (Å²) in [6.45, 7) is 4.32. The number of carbonyl (C=O) groups excluding carboxylic acids is 1. The molecule has 0 spiro atoms. The first-order valence-corrected chi connectivity index (χ1v) is 7.50. The number of ether oxygens (including phenoxy) is 1. The highest BCUT2D eigenvalue weighted by Crippen LogP contribution is 2.17. The Morgan fingerprint density at radius 1 is 1.38 bits per heavy atom. The molecule has 0 radical (unpaired) electrons. The molecule has 5 heteroatoms. The summed E-state index contributed by atoms with van der Waals surface area (Å²) in [6, 6.07) is 7.74. The van der Waals surface area contributed by atoms with E-state index in [-0.39, 0.29) is 11.9 Å². The van der Waals surface area contributed by atoms with Crippen LogP contribution in [0.1, 0.15) is 37.8 Å². The molecule has 1 fully saturated rings. The van der Waals surface area contributed by atoms with E-state index in [0.29, 0.717) is 13.0 Å². The van der Waals surface area contributed by atoms with Gasteiger partial charge in [-0.3, -0.25) is 9.63 Å². The fraction of sp³-hybridized carbons (Fsp3) is 0.562. The van der Waals surface area contributed by atoms with Gasteiger partial charge in [0.15, 0.2) is 0 Å². The lowest BCUT2D eigenvalue weighted by molar-refractivity contribution is -0.181. The largest absolute Gasteiger partial charge is 0.497 e. The van der Waals surface area contributed by atoms with Gasteiger partial charge in [-0.05, 0) is 37.5 Å². The van der Waals surface area contributed by atoms with Gasteiger partial charge in [-0.25, -0.2) is 0 Å². The molecule has 21 heavy (non-hydrogen) atoms. The summed E-state index contributed by atoms with van der Waals surface area (Å²) in [5.41, 5.74) is 1.07. The van der Waals surface area contributed by atoms with Crippen LogP contribution < -0.4 is 10.1 Å². The van der Waals surface area contributed by atoms with Gasteiger partial charge in [-0.2, -0.15) is 5.06 Å². The van der Waals surface area contributed by atoms with Gasteiger partial charge in [0.25, 0.3) is 0 Å². The summed E-state index contributed by atoms with van der Waals surface area (Å²) in [6.07, 6.45) is 2.71. The first-order chi connectivity index (χ1) is 10.2. The zero-order chi connectivity index (χ0) is 15.1. The van der Waals surface area contributed by atoms with Crippen LogP contribution in [0.25, 0.3) is 0 Å². The number of rotatable bonds is 6. The van der Waals surface area contributed by atoms with Crippen molar-refractivity contribution in [3.05, 3.63) is 29.8 Å². The fourth-order valence-corrected chi connectivity index (χ4v) is 2.34. The monoisotopic (exact) mass is 292 g/mol. The maximum Gasteiger partial charge on any atom is 0.221 e. The minimum absolute atomic E-state index is 0.00863. The molecule has 1 aromatic carbocycles. The maximum absolute atomic E-state index is 12.0. The molecule has 1 heterocycles. The zero-order valence-electron chi connectivity index (χ0n) is 12.8. The lowest BCUT2D eigenvalue weighted by Gasteiger charge is -2.25. The highest BCUT2D eigenvalue weighted by atomic mass is 16.7. The third-order valence-electron chi connectivity index (χ3n) is 3.66. The van der Waals surface area contributed by atoms with Gasteiger partial charge in [-0.15, -0.1) is 0 Å². The summed E-state index contributed by atoms with van der Waals surface area (Å²) in [7, 11) is 1.64. The summed E-state index contributed by atoms with van der Waals surface area (Å²) in [5.74, 6) is 0.868. The first-order valence-electron chi connectivity index (χ1n) is 7.50. The van der Waals surface area contributed by atoms with E-state index in [1.165, 1.54) is 0 Å². The molecular formula is C16H24N2O3. The molecule has 1 aliphatic rings. The molecule has 0 saturated carbocycles. The average Bonchev–Trinajstić information content (AvgIpc) is 2.54. The van der Waals surface area contributed by atoms with Crippen LogP contribution in [-0.4, -0.2) is 37.8 Å². The maximum atomic E-state index is 12.0. The second-order valence-electron chi connectivity index (χ2n) is 5.28. The van der Waals surface area contributed by atoms with Crippen molar-refractivity contribution in [1.82, 2.24) is 10.4 Å². The van der Waals surface area contributed by atoms with Crippen molar-refractivity contribution in [3.8, 4) is 5.75 Å². The third-order valence-corrected chi connectivity index (χ3v) is 3.66. The average molecular weight is 292 g/mol. The predicted octanol–water partition coefficient (Wildman–Crippen LogP) is 2.29. The lowest BCUT2D eigenvalue weighted by Crippen LogP contribution is -2.35. The quantitative estimate of drug-likeness (QED) is 0.874. The van der Waals surface area contributed by atoms with Crippen LogP contribution in [0, 0.1) is 0 Å². The van der Waals surface area contributed by atoms with Crippen LogP contribution in [0.15, 0.2) is 24.3 Å². The van der Waals surface area contributed by atoms with Crippen molar-refractivity contribution >= 4 is 5.91 Å². The lowest BCUT2D eigenvalue weighted by atomic mass is 10.1. The normalized spacial score (nSPS) is 17.2. The van der Waals surface area contributed by atoms with Crippen molar-refractivity contribution in [1.29, 1.82) is 0 Å². The van der Waals surface area contributed by atoms with Crippen LogP contribution >= 0.6 is 0 Å². The molecule has 0 aliphatic carbocycles. The molecule has 1 atom stereocenters. The Morgan fingerprint density at radius 2 is 2.14 bits per heavy atom. The van der Waals surface area contributed by atoms with E-state index in [2.05, 4.69) is 5.32 Å². The Morgan fingerprint density at radius 3 is 2.76 bits per heavy atom. The molecule has 1 aliphatic heterocycles. The van der Waals surface area contributed by atoms with Crippen molar-refractivity contribution in [2.75, 3.05) is 26.8 Å². The van der Waals surface area contributed by atoms with Crippen molar-refractivity contribution < 1.29 is 14.4 Å². The Kier molecular flexibility index (Phi) is 6.02. The number of methoxy groups -OCH3 is 1. The van der Waals surface area contributed by atoms with Crippen LogP contribution in [0.5, 0.6) is 5.75 Å². The van der Waals surface area contributed by atoms with Crippen LogP contribution in [0.3, 0.4) is 0 Å². The van der Waals surface area contributed by atoms with Gasteiger partial charge in [0, 0.05) is 19.5 Å². The highest BCUT2D eigenvalue weighted by Gasteiger charge is 2.14. The fourth-order valence-electron chi connectivity index (χ4n) is 2.34. The minimum atomic E-state index is -0.00863. The van der Waals surface area contributed by atoms with Gasteiger partial charge in [0.2, 0.25) is 5.91 Å². The Hall–Kier alpha value is -1.59. The van der Waals surface area contributed by atoms with Crippen molar-refractivity contribution in [2.24, 2.45) is 0 Å². The Balaban J connectivity index is 1.75. The number of hydrogen-bond acceptors (Lipinski definition) is 4. The molecule has 0 aromatic heterocycles. The summed E-state index contributed by atoms with van der Waals surface area (Å²) >= 11 is 0. The Bertz CT molecular complexity index is 441. The summed E-state index contributed by atoms with van der Waals surface area (Å²) < 4.78 is 5.13. The smallest absolute Gasteiger partial charge is 0.221 e. The highest BCUT2D eigenvalue weighted by molar-refractivity contribution is 5.76. The molecular weight excluding hydrogens is 268 g/mol. The summed E-state index contributed by atoms with van der Waals surface area (Å²) in [5, 5.41) is 4.90. The molecule has 0 unspecified atom stereocenters. The second kappa shape index (κ2) is 8.00. The van der Waals surface area contributed by atoms with Crippen molar-refractivity contribution in [3.63, 3.8) is 0 Å². The molecule has 5 nitrogen and oxygen atoms in total. The van der Waals surface area contributed by atoms with Crippen molar-refractivity contribution in [2.45, 2.75) is 32.2 Å². The molecule has 1 aromatic rings. The molecule has 1 N–H and O–H groups in total. The number of amides is 1. The number of nitrogens with one attached hydrogen (secondary N) is 1. The van der Waals surface area contributed by atoms with E-state index in [1.807, 2.05) is 36.3 Å². The van der Waals surface area contributed by atoms with Gasteiger partial charge < -0.3 is 10.1 Å². The number of nitrogens with zero attached hydrogens (tertiary/aromatic N) is 1. The van der Waals surface area contributed by atoms with E-state index in [4.69, 9.17) is 9.57 Å². The van der Waals surface area contributed by atoms with E-state index < -0.39 is 0 Å². The summed E-state index contributed by atoms with van der Waals surface area (Å²) in [4.78, 5) is 17.5. The van der Waals surface area contributed by atoms with Gasteiger partial charge in [0.05, 0.1) is 19.8 Å². The second-order valence-corrected chi connectivity index (χ2v) is 5.28. The molecule has 1 saturated heterocycles. The Labute approximate surface area is 126 Å². The molecule has 2 rings (SSSR count). The molecule has 1 amide bonds.